The third-order valence-electron chi connectivity index (χ3n) is 10.0. The first-order chi connectivity index (χ1) is 30.0. The van der Waals surface area contributed by atoms with Crippen LogP contribution < -0.4 is 5.32 Å². The normalized spacial score (nSPS) is 16.7. The summed E-state index contributed by atoms with van der Waals surface area (Å²) in [5.41, 5.74) is 2.13. The molecule has 2 aliphatic heterocycles. The average Bonchev–Trinajstić information content (AvgIpc) is 4.04. The van der Waals surface area contributed by atoms with Crippen LogP contribution in [0.3, 0.4) is 0 Å². The Morgan fingerprint density at radius 2 is 1.30 bits per heavy atom. The molecule has 0 amide bonds. The third-order valence-corrected chi connectivity index (χ3v) is 10.0. The van der Waals surface area contributed by atoms with Crippen LogP contribution in [0.4, 0.5) is 22.0 Å². The molecule has 2 saturated heterocycles. The Hall–Kier alpha value is -5.83. The molecule has 2 aromatic carbocycles. The second-order valence-corrected chi connectivity index (χ2v) is 17.3. The molecule has 16 nitrogen and oxygen atoms in total. The zero-order chi connectivity index (χ0) is 47.1. The molecular weight excluding hydrogens is 848 g/mol. The number of esters is 1. The van der Waals surface area contributed by atoms with E-state index in [4.69, 9.17) is 23.7 Å². The van der Waals surface area contributed by atoms with Crippen molar-refractivity contribution in [2.75, 3.05) is 33.2 Å². The van der Waals surface area contributed by atoms with Crippen molar-refractivity contribution in [1.29, 1.82) is 0 Å². The Bertz CT molecular complexity index is 2500. The topological polar surface area (TPSA) is 192 Å². The number of ether oxygens (including phenoxy) is 1. The predicted octanol–water partition coefficient (Wildman–Crippen LogP) is 7.97. The van der Waals surface area contributed by atoms with Crippen molar-refractivity contribution >= 4 is 33.7 Å². The number of nitrogens with one attached hydrogen (secondary N) is 1. The van der Waals surface area contributed by atoms with Gasteiger partial charge in [0.25, 0.3) is 11.9 Å². The molecule has 0 spiro atoms. The van der Waals surface area contributed by atoms with Crippen molar-refractivity contribution in [1.82, 2.24) is 50.1 Å². The number of carbonyl (C=O) groups is 2. The van der Waals surface area contributed by atoms with E-state index in [1.807, 2.05) is 60.6 Å². The quantitative estimate of drug-likeness (QED) is 0.110. The maximum Gasteiger partial charge on any atom is 0.490 e. The average molecular weight is 903 g/mol. The Balaban J connectivity index is 0.000000184. The van der Waals surface area contributed by atoms with Gasteiger partial charge in [-0.3, -0.25) is 4.79 Å². The van der Waals surface area contributed by atoms with E-state index in [0.717, 1.165) is 74.0 Å². The van der Waals surface area contributed by atoms with E-state index in [0.29, 0.717) is 40.6 Å². The first-order valence-electron chi connectivity index (χ1n) is 20.9. The number of rotatable bonds is 8. The van der Waals surface area contributed by atoms with Crippen LogP contribution in [0.5, 0.6) is 0 Å². The minimum atomic E-state index is -5.08. The SMILES string of the molecule is CC(=O)OC(C)(C)C.CC(C)c1nn(-c2noc(C[C@H]3CCN(C)C3)n2)c2c(F)cccc12.CC(C)c1nn(-c2noc(C[C@H]3CCNC3)n2)c2c(F)cccc12.O=C(O)C(F)(F)F. The Morgan fingerprint density at radius 1 is 0.828 bits per heavy atom. The van der Waals surface area contributed by atoms with E-state index in [1.54, 1.807) is 12.1 Å². The van der Waals surface area contributed by atoms with E-state index < -0.39 is 12.1 Å². The Labute approximate surface area is 366 Å². The summed E-state index contributed by atoms with van der Waals surface area (Å²) in [6, 6.07) is 10.0. The standard InChI is InChI=1S/C18H22FN5O.C17H20FN5O.C6H12O2.C2HF3O2/c1-11(2)16-13-5-4-6-14(19)17(13)24(21-16)18-20-15(25-22-18)9-12-7-8-23(3)10-12;1-10(2)15-12-4-3-5-13(18)16(12)23(21-15)17-20-14(24-22-17)8-11-6-7-19-9-11;1-5(7)8-6(2,3)4;3-2(4,5)1(6)7/h4-6,11-12H,7-10H2,1-3H3;3-5,10-11,19H,6-9H2,1-2H3;1-4H3;(H,6,7)/t12-;11-;;/m11../s1. The van der Waals surface area contributed by atoms with Gasteiger partial charge in [0, 0.05) is 37.1 Å². The number of alkyl halides is 3. The number of carbonyl (C=O) groups excluding carboxylic acids is 1. The van der Waals surface area contributed by atoms with Gasteiger partial charge in [0.1, 0.15) is 28.3 Å². The molecule has 0 saturated carbocycles. The molecular formula is C43H55F5N10O6. The molecule has 21 heteroatoms. The van der Waals surface area contributed by atoms with Crippen LogP contribution >= 0.6 is 0 Å². The molecule has 64 heavy (non-hydrogen) atoms. The van der Waals surface area contributed by atoms with E-state index in [2.05, 4.69) is 47.7 Å². The lowest BCUT2D eigenvalue weighted by atomic mass is 10.1. The van der Waals surface area contributed by atoms with Crippen LogP contribution in [0, 0.1) is 23.5 Å². The maximum absolute atomic E-state index is 14.4. The fourth-order valence-electron chi connectivity index (χ4n) is 7.28. The Morgan fingerprint density at radius 3 is 1.64 bits per heavy atom. The number of halogens is 5. The highest BCUT2D eigenvalue weighted by molar-refractivity contribution is 5.85. The summed E-state index contributed by atoms with van der Waals surface area (Å²) in [5, 5.41) is 29.2. The zero-order valence-corrected chi connectivity index (χ0v) is 37.3. The lowest BCUT2D eigenvalue weighted by Crippen LogP contribution is -2.21. The zero-order valence-electron chi connectivity index (χ0n) is 37.3. The molecule has 0 aliphatic carbocycles. The number of hydrogen-bond acceptors (Lipinski definition) is 13. The van der Waals surface area contributed by atoms with Gasteiger partial charge < -0.3 is 29.1 Å². The van der Waals surface area contributed by atoms with E-state index in [9.17, 15) is 26.7 Å². The number of hydrogen-bond donors (Lipinski definition) is 2. The molecule has 348 valence electrons. The van der Waals surface area contributed by atoms with Crippen LogP contribution in [0.2, 0.25) is 0 Å². The minimum absolute atomic E-state index is 0.172. The number of fused-ring (bicyclic) bond motifs is 2. The van der Waals surface area contributed by atoms with Crippen LogP contribution in [0.25, 0.3) is 33.7 Å². The summed E-state index contributed by atoms with van der Waals surface area (Å²) in [6.07, 6.45) is -1.37. The first-order valence-corrected chi connectivity index (χ1v) is 20.9. The molecule has 4 aromatic heterocycles. The van der Waals surface area contributed by atoms with Gasteiger partial charge in [0.2, 0.25) is 11.8 Å². The molecule has 8 rings (SSSR count). The first kappa shape index (κ1) is 49.2. The molecule has 0 unspecified atom stereocenters. The van der Waals surface area contributed by atoms with Crippen molar-refractivity contribution in [3.05, 3.63) is 71.2 Å². The highest BCUT2D eigenvalue weighted by Crippen LogP contribution is 2.30. The number of nitrogens with zero attached hydrogens (tertiary/aromatic N) is 9. The molecule has 2 aliphatic rings. The van der Waals surface area contributed by atoms with Gasteiger partial charge in [0.15, 0.2) is 0 Å². The summed E-state index contributed by atoms with van der Waals surface area (Å²) in [4.78, 5) is 30.3. The highest BCUT2D eigenvalue weighted by Gasteiger charge is 2.38. The van der Waals surface area contributed by atoms with Gasteiger partial charge in [-0.05, 0) is 106 Å². The Kier molecular flexibility index (Phi) is 16.0. The van der Waals surface area contributed by atoms with Crippen molar-refractivity contribution in [2.45, 2.75) is 105 Å². The van der Waals surface area contributed by atoms with Crippen molar-refractivity contribution in [3.63, 3.8) is 0 Å². The number of aliphatic carboxylic acids is 1. The number of carboxylic acids is 1. The summed E-state index contributed by atoms with van der Waals surface area (Å²) in [7, 11) is 2.12. The monoisotopic (exact) mass is 902 g/mol. The minimum Gasteiger partial charge on any atom is -0.475 e. The largest absolute Gasteiger partial charge is 0.490 e. The molecule has 2 N–H and O–H groups in total. The lowest BCUT2D eigenvalue weighted by molar-refractivity contribution is -0.192. The fourth-order valence-corrected chi connectivity index (χ4v) is 7.28. The fraction of sp³-hybridized carbons (Fsp3) is 0.535. The second-order valence-electron chi connectivity index (χ2n) is 17.3. The molecule has 0 bridgehead atoms. The predicted molar refractivity (Wildman–Crippen MR) is 225 cm³/mol. The van der Waals surface area contributed by atoms with Crippen LogP contribution in [-0.2, 0) is 27.2 Å². The third kappa shape index (κ3) is 12.9. The number of benzene rings is 2. The molecule has 0 radical (unpaired) electrons. The van der Waals surface area contributed by atoms with Crippen molar-refractivity contribution < 1.29 is 50.4 Å². The van der Waals surface area contributed by atoms with Crippen LogP contribution in [-0.4, -0.2) is 107 Å². The summed E-state index contributed by atoms with van der Waals surface area (Å²) in [5.74, 6) is -0.528. The van der Waals surface area contributed by atoms with E-state index in [1.165, 1.54) is 28.4 Å². The maximum atomic E-state index is 14.4. The summed E-state index contributed by atoms with van der Waals surface area (Å²) in [6.45, 7) is 19.2. The van der Waals surface area contributed by atoms with Gasteiger partial charge >= 0.3 is 18.1 Å². The molecule has 6 heterocycles. The summed E-state index contributed by atoms with van der Waals surface area (Å²) < 4.78 is 79.1. The number of carboxylic acid groups (broad SMARTS) is 1. The van der Waals surface area contributed by atoms with Gasteiger partial charge in [-0.1, -0.05) is 52.0 Å². The smallest absolute Gasteiger partial charge is 0.475 e. The van der Waals surface area contributed by atoms with Crippen LogP contribution in [0.1, 0.15) is 103 Å². The second kappa shape index (κ2) is 20.8. The highest BCUT2D eigenvalue weighted by atomic mass is 19.4. The number of likely N-dealkylation sites (tertiary alicyclic amines) is 1. The van der Waals surface area contributed by atoms with Crippen LogP contribution in [0.15, 0.2) is 45.4 Å². The van der Waals surface area contributed by atoms with Gasteiger partial charge in [-0.25, -0.2) is 13.6 Å². The number of aromatic nitrogens is 8. The van der Waals surface area contributed by atoms with Gasteiger partial charge in [0.05, 0.1) is 11.4 Å². The molecule has 6 aromatic rings. The molecule has 2 fully saturated rings. The van der Waals surface area contributed by atoms with E-state index in [-0.39, 0.29) is 41.0 Å². The van der Waals surface area contributed by atoms with Crippen molar-refractivity contribution in [3.8, 4) is 11.9 Å². The number of para-hydroxylation sites is 2. The van der Waals surface area contributed by atoms with E-state index >= 15 is 0 Å². The van der Waals surface area contributed by atoms with Gasteiger partial charge in [-0.15, -0.1) is 0 Å². The molecule has 2 atom stereocenters. The lowest BCUT2D eigenvalue weighted by Gasteiger charge is -2.17. The van der Waals surface area contributed by atoms with Crippen molar-refractivity contribution in [2.24, 2.45) is 11.8 Å². The van der Waals surface area contributed by atoms with Gasteiger partial charge in [-0.2, -0.15) is 42.7 Å². The summed E-state index contributed by atoms with van der Waals surface area (Å²) >= 11 is 0.